The van der Waals surface area contributed by atoms with E-state index in [-0.39, 0.29) is 11.9 Å². The standard InChI is InChI=1S/C14H24N4O2/c1-11-8-12(2)18(17-11)6-3-4-16-14(19)9-13-10-20-7-5-15-13/h8,13,15H,3-7,9-10H2,1-2H3,(H,16,19). The molecule has 1 saturated heterocycles. The first kappa shape index (κ1) is 15.0. The molecule has 0 saturated carbocycles. The van der Waals surface area contributed by atoms with E-state index in [0.717, 1.165) is 37.5 Å². The fourth-order valence-electron chi connectivity index (χ4n) is 2.40. The minimum absolute atomic E-state index is 0.0846. The van der Waals surface area contributed by atoms with Gasteiger partial charge in [-0.3, -0.25) is 9.48 Å². The second-order valence-corrected chi connectivity index (χ2v) is 5.28. The van der Waals surface area contributed by atoms with E-state index in [1.807, 2.05) is 18.5 Å². The number of amides is 1. The Labute approximate surface area is 119 Å². The quantitative estimate of drug-likeness (QED) is 0.740. The first-order valence-electron chi connectivity index (χ1n) is 7.24. The van der Waals surface area contributed by atoms with E-state index >= 15 is 0 Å². The summed E-state index contributed by atoms with van der Waals surface area (Å²) < 4.78 is 7.31. The molecule has 1 fully saturated rings. The number of rotatable bonds is 6. The van der Waals surface area contributed by atoms with Crippen molar-refractivity contribution in [1.82, 2.24) is 20.4 Å². The summed E-state index contributed by atoms with van der Waals surface area (Å²) in [6, 6.07) is 2.22. The van der Waals surface area contributed by atoms with E-state index in [1.165, 1.54) is 0 Å². The molecule has 1 atom stereocenters. The molecule has 2 N–H and O–H groups in total. The van der Waals surface area contributed by atoms with Gasteiger partial charge >= 0.3 is 0 Å². The Morgan fingerprint density at radius 1 is 1.60 bits per heavy atom. The number of aromatic nitrogens is 2. The number of morpholine rings is 1. The summed E-state index contributed by atoms with van der Waals surface area (Å²) in [6.45, 7) is 7.75. The molecule has 112 valence electrons. The molecule has 1 aromatic heterocycles. The molecule has 0 aromatic carbocycles. The van der Waals surface area contributed by atoms with Crippen molar-refractivity contribution in [3.05, 3.63) is 17.5 Å². The van der Waals surface area contributed by atoms with E-state index in [1.54, 1.807) is 0 Å². The molecule has 1 aliphatic heterocycles. The molecule has 6 nitrogen and oxygen atoms in total. The molecule has 1 unspecified atom stereocenters. The average molecular weight is 280 g/mol. The zero-order chi connectivity index (χ0) is 14.4. The van der Waals surface area contributed by atoms with E-state index in [0.29, 0.717) is 19.6 Å². The number of nitrogens with zero attached hydrogens (tertiary/aromatic N) is 2. The van der Waals surface area contributed by atoms with Gasteiger partial charge in [-0.1, -0.05) is 0 Å². The second kappa shape index (κ2) is 7.40. The van der Waals surface area contributed by atoms with Gasteiger partial charge in [0.2, 0.25) is 5.91 Å². The zero-order valence-electron chi connectivity index (χ0n) is 12.3. The van der Waals surface area contributed by atoms with Crippen LogP contribution in [0.5, 0.6) is 0 Å². The summed E-state index contributed by atoms with van der Waals surface area (Å²) in [5.41, 5.74) is 2.20. The topological polar surface area (TPSA) is 68.2 Å². The smallest absolute Gasteiger partial charge is 0.221 e. The van der Waals surface area contributed by atoms with Crippen LogP contribution in [0.25, 0.3) is 0 Å². The SMILES string of the molecule is Cc1cc(C)n(CCCNC(=O)CC2COCCN2)n1. The lowest BCUT2D eigenvalue weighted by Gasteiger charge is -2.23. The van der Waals surface area contributed by atoms with Crippen molar-refractivity contribution in [3.63, 3.8) is 0 Å². The molecular formula is C14H24N4O2. The van der Waals surface area contributed by atoms with Crippen LogP contribution in [0.4, 0.5) is 0 Å². The van der Waals surface area contributed by atoms with Crippen LogP contribution in [0.15, 0.2) is 6.07 Å². The number of hydrogen-bond acceptors (Lipinski definition) is 4. The Morgan fingerprint density at radius 2 is 2.45 bits per heavy atom. The van der Waals surface area contributed by atoms with E-state index in [4.69, 9.17) is 4.74 Å². The fourth-order valence-corrected chi connectivity index (χ4v) is 2.40. The molecule has 0 radical (unpaired) electrons. The fraction of sp³-hybridized carbons (Fsp3) is 0.714. The Bertz CT molecular complexity index is 438. The van der Waals surface area contributed by atoms with E-state index in [9.17, 15) is 4.79 Å². The van der Waals surface area contributed by atoms with Crippen LogP contribution < -0.4 is 10.6 Å². The number of ether oxygens (including phenoxy) is 1. The first-order valence-corrected chi connectivity index (χ1v) is 7.24. The number of carbonyl (C=O) groups excluding carboxylic acids is 1. The Morgan fingerprint density at radius 3 is 3.10 bits per heavy atom. The van der Waals surface area contributed by atoms with Crippen LogP contribution in [0, 0.1) is 13.8 Å². The normalized spacial score (nSPS) is 19.0. The summed E-state index contributed by atoms with van der Waals surface area (Å²) >= 11 is 0. The molecule has 6 heteroatoms. The van der Waals surface area contributed by atoms with Gasteiger partial charge in [-0.15, -0.1) is 0 Å². The number of aryl methyl sites for hydroxylation is 3. The van der Waals surface area contributed by atoms with Gasteiger partial charge in [-0.2, -0.15) is 5.10 Å². The Kier molecular flexibility index (Phi) is 5.55. The maximum absolute atomic E-state index is 11.8. The lowest BCUT2D eigenvalue weighted by atomic mass is 10.2. The summed E-state index contributed by atoms with van der Waals surface area (Å²) in [4.78, 5) is 11.8. The highest BCUT2D eigenvalue weighted by Gasteiger charge is 2.16. The summed E-state index contributed by atoms with van der Waals surface area (Å²) in [5.74, 6) is 0.0846. The van der Waals surface area contributed by atoms with Crippen LogP contribution in [0.3, 0.4) is 0 Å². The van der Waals surface area contributed by atoms with Crippen molar-refractivity contribution in [2.24, 2.45) is 0 Å². The van der Waals surface area contributed by atoms with Gasteiger partial charge in [0, 0.05) is 37.8 Å². The molecular weight excluding hydrogens is 256 g/mol. The predicted octanol–water partition coefficient (Wildman–Crippen LogP) is 0.385. The van der Waals surface area contributed by atoms with Crippen LogP contribution in [-0.2, 0) is 16.1 Å². The van der Waals surface area contributed by atoms with Gasteiger partial charge < -0.3 is 15.4 Å². The minimum Gasteiger partial charge on any atom is -0.378 e. The first-order chi connectivity index (χ1) is 9.65. The lowest BCUT2D eigenvalue weighted by Crippen LogP contribution is -2.44. The predicted molar refractivity (Wildman–Crippen MR) is 76.6 cm³/mol. The van der Waals surface area contributed by atoms with Crippen molar-refractivity contribution in [3.8, 4) is 0 Å². The highest BCUT2D eigenvalue weighted by molar-refractivity contribution is 5.76. The minimum atomic E-state index is 0.0846. The van der Waals surface area contributed by atoms with Crippen molar-refractivity contribution in [1.29, 1.82) is 0 Å². The number of carbonyl (C=O) groups is 1. The van der Waals surface area contributed by atoms with Gasteiger partial charge in [0.05, 0.1) is 18.9 Å². The second-order valence-electron chi connectivity index (χ2n) is 5.28. The van der Waals surface area contributed by atoms with Gasteiger partial charge in [0.1, 0.15) is 0 Å². The highest BCUT2D eigenvalue weighted by atomic mass is 16.5. The van der Waals surface area contributed by atoms with Gasteiger partial charge in [-0.25, -0.2) is 0 Å². The monoisotopic (exact) mass is 280 g/mol. The summed E-state index contributed by atoms with van der Waals surface area (Å²) in [5, 5.41) is 10.6. The zero-order valence-corrected chi connectivity index (χ0v) is 12.3. The van der Waals surface area contributed by atoms with Gasteiger partial charge in [-0.05, 0) is 26.3 Å². The molecule has 1 amide bonds. The summed E-state index contributed by atoms with van der Waals surface area (Å²) in [6.07, 6.45) is 1.38. The molecule has 2 rings (SSSR count). The van der Waals surface area contributed by atoms with Crippen LogP contribution in [-0.4, -0.2) is 48.0 Å². The molecule has 1 aliphatic rings. The third-order valence-corrected chi connectivity index (χ3v) is 3.40. The van der Waals surface area contributed by atoms with Crippen LogP contribution in [0.1, 0.15) is 24.2 Å². The van der Waals surface area contributed by atoms with E-state index in [2.05, 4.69) is 21.8 Å². The van der Waals surface area contributed by atoms with Crippen molar-refractivity contribution >= 4 is 5.91 Å². The van der Waals surface area contributed by atoms with Gasteiger partial charge in [0.25, 0.3) is 0 Å². The third-order valence-electron chi connectivity index (χ3n) is 3.40. The molecule has 0 spiro atoms. The third kappa shape index (κ3) is 4.61. The molecule has 0 bridgehead atoms. The number of nitrogens with one attached hydrogen (secondary N) is 2. The molecule has 2 heterocycles. The van der Waals surface area contributed by atoms with Crippen molar-refractivity contribution in [2.45, 2.75) is 39.3 Å². The molecule has 20 heavy (non-hydrogen) atoms. The van der Waals surface area contributed by atoms with Crippen molar-refractivity contribution in [2.75, 3.05) is 26.3 Å². The largest absolute Gasteiger partial charge is 0.378 e. The van der Waals surface area contributed by atoms with Gasteiger partial charge in [0.15, 0.2) is 0 Å². The van der Waals surface area contributed by atoms with Crippen LogP contribution >= 0.6 is 0 Å². The maximum atomic E-state index is 11.8. The average Bonchev–Trinajstić information content (AvgIpc) is 2.74. The highest BCUT2D eigenvalue weighted by Crippen LogP contribution is 2.02. The Hall–Kier alpha value is -1.40. The molecule has 0 aliphatic carbocycles. The summed E-state index contributed by atoms with van der Waals surface area (Å²) in [7, 11) is 0. The molecule has 1 aromatic rings. The number of hydrogen-bond donors (Lipinski definition) is 2. The maximum Gasteiger partial charge on any atom is 0.221 e. The van der Waals surface area contributed by atoms with E-state index < -0.39 is 0 Å². The lowest BCUT2D eigenvalue weighted by molar-refractivity contribution is -0.122. The Balaban J connectivity index is 1.60. The van der Waals surface area contributed by atoms with Crippen molar-refractivity contribution < 1.29 is 9.53 Å². The van der Waals surface area contributed by atoms with Crippen LogP contribution in [0.2, 0.25) is 0 Å².